The quantitative estimate of drug-likeness (QED) is 0.656. The highest BCUT2D eigenvalue weighted by atomic mass is 16.4. The molecule has 0 aliphatic carbocycles. The number of nitrogens with zero attached hydrogens (tertiary/aromatic N) is 3. The summed E-state index contributed by atoms with van der Waals surface area (Å²) in [5.41, 5.74) is 2.52. The van der Waals surface area contributed by atoms with Crippen LogP contribution in [-0.2, 0) is 11.5 Å². The van der Waals surface area contributed by atoms with Gasteiger partial charge in [0, 0.05) is 24.3 Å². The molecule has 0 saturated heterocycles. The number of pyridine rings is 1. The molecule has 0 bridgehead atoms. The summed E-state index contributed by atoms with van der Waals surface area (Å²) in [6.45, 7) is 6.02. The lowest BCUT2D eigenvalue weighted by atomic mass is 10.2. The van der Waals surface area contributed by atoms with E-state index in [0.717, 1.165) is 25.2 Å². The number of hydrogen-bond acceptors (Lipinski definition) is 4. The van der Waals surface area contributed by atoms with Crippen LogP contribution < -0.4 is 9.67 Å². The molecular formula is C15H17N3O2. The first kappa shape index (κ1) is 14.0. The molecule has 104 valence electrons. The Morgan fingerprint density at radius 1 is 1.35 bits per heavy atom. The highest BCUT2D eigenvalue weighted by molar-refractivity contribution is 5.96. The van der Waals surface area contributed by atoms with Gasteiger partial charge in [-0.2, -0.15) is 0 Å². The van der Waals surface area contributed by atoms with Gasteiger partial charge in [-0.25, -0.2) is 4.57 Å². The molecule has 3 rings (SSSR count). The van der Waals surface area contributed by atoms with Gasteiger partial charge in [-0.1, -0.05) is 6.08 Å². The molecular weight excluding hydrogens is 254 g/mol. The fourth-order valence-corrected chi connectivity index (χ4v) is 2.02. The Kier molecular flexibility index (Phi) is 3.98. The number of carboxylic acids is 1. The first-order chi connectivity index (χ1) is 9.45. The molecule has 5 heteroatoms. The molecule has 1 aromatic heterocycles. The van der Waals surface area contributed by atoms with Crippen LogP contribution in [0, 0.1) is 6.92 Å². The molecule has 3 heterocycles. The summed E-state index contributed by atoms with van der Waals surface area (Å²) in [6.07, 6.45) is 8.44. The van der Waals surface area contributed by atoms with Crippen LogP contribution in [0.5, 0.6) is 0 Å². The zero-order chi connectivity index (χ0) is 14.7. The fraction of sp³-hybridized carbons (Fsp3) is 0.267. The van der Waals surface area contributed by atoms with Crippen molar-refractivity contribution in [3.8, 4) is 0 Å². The minimum atomic E-state index is -1.08. The maximum absolute atomic E-state index is 8.89. The molecule has 20 heavy (non-hydrogen) atoms. The summed E-state index contributed by atoms with van der Waals surface area (Å²) in [7, 11) is 0. The molecule has 2 aliphatic rings. The Bertz CT molecular complexity index is 626. The standard InChI is InChI=1S/C13H14N3.C2H4O2/c1-10-3-5-12-14-13-6-4-11(2)8-16(13)9-15(12)7-10;1-2(3)4/h3-8H,9H2,1-2H3;1H3,(H,3,4)/q+1;/p-1. The third-order valence-electron chi connectivity index (χ3n) is 2.83. The van der Waals surface area contributed by atoms with Gasteiger partial charge in [-0.05, 0) is 43.0 Å². The minimum Gasteiger partial charge on any atom is -0.550 e. The molecule has 0 aromatic carbocycles. The van der Waals surface area contributed by atoms with E-state index < -0.39 is 5.97 Å². The van der Waals surface area contributed by atoms with Crippen molar-refractivity contribution in [2.75, 3.05) is 0 Å². The molecule has 0 spiro atoms. The van der Waals surface area contributed by atoms with Crippen LogP contribution >= 0.6 is 0 Å². The maximum Gasteiger partial charge on any atom is 0.327 e. The molecule has 5 nitrogen and oxygen atoms in total. The van der Waals surface area contributed by atoms with Crippen molar-refractivity contribution in [2.24, 2.45) is 4.99 Å². The number of carboxylic acid groups (broad SMARTS) is 1. The van der Waals surface area contributed by atoms with Gasteiger partial charge in [0.2, 0.25) is 0 Å². The average Bonchev–Trinajstić information content (AvgIpc) is 2.35. The first-order valence-electron chi connectivity index (χ1n) is 6.35. The van der Waals surface area contributed by atoms with E-state index >= 15 is 0 Å². The van der Waals surface area contributed by atoms with Crippen molar-refractivity contribution in [3.63, 3.8) is 0 Å². The molecule has 2 aliphatic heterocycles. The van der Waals surface area contributed by atoms with E-state index in [1.165, 1.54) is 11.1 Å². The van der Waals surface area contributed by atoms with E-state index in [-0.39, 0.29) is 0 Å². The second-order valence-corrected chi connectivity index (χ2v) is 4.81. The van der Waals surface area contributed by atoms with Crippen molar-refractivity contribution >= 4 is 17.6 Å². The van der Waals surface area contributed by atoms with Gasteiger partial charge >= 0.3 is 5.82 Å². The SMILES string of the molecule is CC(=O)[O-].CC1=CN2C[n+]3cc(C)ccc3N=C2C=C1. The third-order valence-corrected chi connectivity index (χ3v) is 2.83. The zero-order valence-electron chi connectivity index (χ0n) is 11.8. The Morgan fingerprint density at radius 2 is 2.05 bits per heavy atom. The van der Waals surface area contributed by atoms with E-state index in [9.17, 15) is 0 Å². The minimum absolute atomic E-state index is 0.845. The second-order valence-electron chi connectivity index (χ2n) is 4.81. The predicted octanol–water partition coefficient (Wildman–Crippen LogP) is 0.815. The van der Waals surface area contributed by atoms with Gasteiger partial charge < -0.3 is 9.90 Å². The number of aromatic nitrogens is 1. The summed E-state index contributed by atoms with van der Waals surface area (Å²) in [4.78, 5) is 15.7. The number of rotatable bonds is 0. The van der Waals surface area contributed by atoms with Crippen molar-refractivity contribution < 1.29 is 14.5 Å². The molecule has 0 unspecified atom stereocenters. The number of amidine groups is 1. The normalized spacial score (nSPS) is 15.2. The van der Waals surface area contributed by atoms with Crippen molar-refractivity contribution in [1.82, 2.24) is 4.90 Å². The number of fused-ring (bicyclic) bond motifs is 2. The number of aliphatic imine (C=N–C) groups is 1. The number of carbonyl (C=O) groups is 1. The molecule has 0 fully saturated rings. The Morgan fingerprint density at radius 3 is 2.75 bits per heavy atom. The van der Waals surface area contributed by atoms with Crippen LogP contribution in [-0.4, -0.2) is 16.7 Å². The number of hydrogen-bond donors (Lipinski definition) is 0. The van der Waals surface area contributed by atoms with Crippen LogP contribution in [0.2, 0.25) is 0 Å². The zero-order valence-corrected chi connectivity index (χ0v) is 11.8. The molecule has 0 radical (unpaired) electrons. The lowest BCUT2D eigenvalue weighted by Gasteiger charge is -2.23. The molecule has 1 aromatic rings. The van der Waals surface area contributed by atoms with Crippen molar-refractivity contribution in [3.05, 3.63) is 47.8 Å². The third kappa shape index (κ3) is 3.32. The van der Waals surface area contributed by atoms with E-state index in [0.29, 0.717) is 0 Å². The average molecular weight is 271 g/mol. The molecule has 0 saturated carbocycles. The second kappa shape index (κ2) is 5.69. The highest BCUT2D eigenvalue weighted by Gasteiger charge is 2.25. The van der Waals surface area contributed by atoms with Gasteiger partial charge in [-0.3, -0.25) is 4.90 Å². The summed E-state index contributed by atoms with van der Waals surface area (Å²) < 4.78 is 2.17. The largest absolute Gasteiger partial charge is 0.550 e. The van der Waals surface area contributed by atoms with Crippen LogP contribution in [0.3, 0.4) is 0 Å². The van der Waals surface area contributed by atoms with Crippen LogP contribution in [0.15, 0.2) is 47.2 Å². The van der Waals surface area contributed by atoms with E-state index in [2.05, 4.69) is 65.0 Å². The first-order valence-corrected chi connectivity index (χ1v) is 6.35. The summed E-state index contributed by atoms with van der Waals surface area (Å²) in [5, 5.41) is 8.89. The van der Waals surface area contributed by atoms with Gasteiger partial charge in [0.05, 0.1) is 6.20 Å². The van der Waals surface area contributed by atoms with Gasteiger partial charge in [0.1, 0.15) is 0 Å². The summed E-state index contributed by atoms with van der Waals surface area (Å²) in [5.74, 6) is 0.962. The van der Waals surface area contributed by atoms with Crippen LogP contribution in [0.1, 0.15) is 19.4 Å². The van der Waals surface area contributed by atoms with Gasteiger partial charge in [0.15, 0.2) is 6.67 Å². The van der Waals surface area contributed by atoms with Crippen LogP contribution in [0.4, 0.5) is 5.82 Å². The number of aliphatic carboxylic acids is 1. The molecule has 0 amide bonds. The number of carbonyl (C=O) groups excluding carboxylic acids is 1. The van der Waals surface area contributed by atoms with E-state index in [1.807, 2.05) is 0 Å². The summed E-state index contributed by atoms with van der Waals surface area (Å²) >= 11 is 0. The van der Waals surface area contributed by atoms with Gasteiger partial charge in [-0.15, -0.1) is 0 Å². The smallest absolute Gasteiger partial charge is 0.327 e. The van der Waals surface area contributed by atoms with E-state index in [4.69, 9.17) is 9.90 Å². The number of aryl methyl sites for hydroxylation is 1. The Hall–Kier alpha value is -2.43. The monoisotopic (exact) mass is 271 g/mol. The lowest BCUT2D eigenvalue weighted by molar-refractivity contribution is -0.700. The van der Waals surface area contributed by atoms with Crippen molar-refractivity contribution in [2.45, 2.75) is 27.4 Å². The Balaban J connectivity index is 0.000000328. The maximum atomic E-state index is 8.89. The topological polar surface area (TPSA) is 59.6 Å². The van der Waals surface area contributed by atoms with Crippen molar-refractivity contribution in [1.29, 1.82) is 0 Å². The van der Waals surface area contributed by atoms with E-state index in [1.54, 1.807) is 0 Å². The fourth-order valence-electron chi connectivity index (χ4n) is 2.02. The number of allylic oxidation sites excluding steroid dienone is 2. The summed E-state index contributed by atoms with van der Waals surface area (Å²) in [6, 6.07) is 4.16. The van der Waals surface area contributed by atoms with Crippen LogP contribution in [0.25, 0.3) is 0 Å². The predicted molar refractivity (Wildman–Crippen MR) is 73.9 cm³/mol. The Labute approximate surface area is 118 Å². The molecule has 0 atom stereocenters. The highest BCUT2D eigenvalue weighted by Crippen LogP contribution is 2.18. The lowest BCUT2D eigenvalue weighted by Crippen LogP contribution is -2.47. The molecule has 0 N–H and O–H groups in total. The van der Waals surface area contributed by atoms with Gasteiger partial charge in [0.25, 0.3) is 5.84 Å².